The molecule has 0 bridgehead atoms. The molecule has 5 rings (SSSR count). The van der Waals surface area contributed by atoms with E-state index in [9.17, 15) is 9.59 Å². The molecule has 3 aromatic rings. The summed E-state index contributed by atoms with van der Waals surface area (Å²) in [5, 5.41) is 0. The third kappa shape index (κ3) is 2.90. The van der Waals surface area contributed by atoms with Gasteiger partial charge in [-0.05, 0) is 54.4 Å². The molecule has 2 aliphatic heterocycles. The van der Waals surface area contributed by atoms with Gasteiger partial charge in [0, 0.05) is 13.5 Å². The molecule has 0 spiro atoms. The minimum absolute atomic E-state index is 0.0651. The van der Waals surface area contributed by atoms with Crippen LogP contribution in [-0.4, -0.2) is 31.2 Å². The average molecular weight is 404 g/mol. The molecule has 7 heteroatoms. The summed E-state index contributed by atoms with van der Waals surface area (Å²) in [6.07, 6.45) is 1.48. The van der Waals surface area contributed by atoms with Crippen molar-refractivity contribution in [3.05, 3.63) is 60.6 Å². The quantitative estimate of drug-likeness (QED) is 0.644. The number of furan rings is 1. The van der Waals surface area contributed by atoms with Gasteiger partial charge in [0.15, 0.2) is 17.3 Å². The largest absolute Gasteiger partial charge is 0.459 e. The van der Waals surface area contributed by atoms with Gasteiger partial charge in [-0.3, -0.25) is 9.59 Å². The first-order valence-electron chi connectivity index (χ1n) is 9.72. The van der Waals surface area contributed by atoms with Gasteiger partial charge in [0.2, 0.25) is 12.7 Å². The zero-order valence-electron chi connectivity index (χ0n) is 16.6. The molecule has 2 amide bonds. The molecule has 0 unspecified atom stereocenters. The first kappa shape index (κ1) is 18.3. The Hall–Kier alpha value is -3.74. The lowest BCUT2D eigenvalue weighted by Gasteiger charge is -2.40. The Kier molecular flexibility index (Phi) is 4.24. The topological polar surface area (TPSA) is 72.2 Å². The third-order valence-electron chi connectivity index (χ3n) is 5.44. The van der Waals surface area contributed by atoms with Crippen molar-refractivity contribution in [2.75, 3.05) is 23.1 Å². The number of nitrogens with zero attached hydrogens (tertiary/aromatic N) is 2. The summed E-state index contributed by atoms with van der Waals surface area (Å²) in [5.41, 5.74) is 3.20. The van der Waals surface area contributed by atoms with Crippen LogP contribution in [0.4, 0.5) is 11.4 Å². The van der Waals surface area contributed by atoms with Crippen LogP contribution in [0.5, 0.6) is 11.5 Å². The van der Waals surface area contributed by atoms with Gasteiger partial charge in [0.05, 0.1) is 23.7 Å². The zero-order valence-corrected chi connectivity index (χ0v) is 16.6. The Bertz CT molecular complexity index is 1140. The molecule has 0 saturated carbocycles. The molecular weight excluding hydrogens is 384 g/mol. The number of amides is 2. The summed E-state index contributed by atoms with van der Waals surface area (Å²) in [7, 11) is 0. The van der Waals surface area contributed by atoms with Crippen LogP contribution in [0.15, 0.2) is 59.2 Å². The van der Waals surface area contributed by atoms with Crippen LogP contribution < -0.4 is 19.3 Å². The molecule has 1 atom stereocenters. The van der Waals surface area contributed by atoms with Crippen molar-refractivity contribution in [2.24, 2.45) is 0 Å². The number of ether oxygens (including phenoxy) is 2. The molecule has 7 nitrogen and oxygen atoms in total. The van der Waals surface area contributed by atoms with Gasteiger partial charge in [-0.1, -0.05) is 12.1 Å². The number of benzene rings is 2. The highest BCUT2D eigenvalue weighted by Gasteiger charge is 2.35. The van der Waals surface area contributed by atoms with Crippen LogP contribution in [0.3, 0.4) is 0 Å². The normalized spacial score (nSPS) is 17.1. The molecular formula is C23H20N2O5. The molecule has 0 N–H and O–H groups in total. The van der Waals surface area contributed by atoms with Gasteiger partial charge >= 0.3 is 0 Å². The van der Waals surface area contributed by atoms with Crippen molar-refractivity contribution in [1.82, 2.24) is 0 Å². The fourth-order valence-corrected chi connectivity index (χ4v) is 4.09. The summed E-state index contributed by atoms with van der Waals surface area (Å²) >= 11 is 0. The van der Waals surface area contributed by atoms with E-state index in [-0.39, 0.29) is 30.4 Å². The SMILES string of the molecule is CC(=O)N1c2ccc(-c3ccc4c(c3)OCO4)cc2N(C(=O)c2ccco2)C[C@@H]1C. The predicted molar refractivity (Wildman–Crippen MR) is 111 cm³/mol. The number of hydrogen-bond donors (Lipinski definition) is 0. The Morgan fingerprint density at radius 1 is 0.967 bits per heavy atom. The second-order valence-electron chi connectivity index (χ2n) is 7.40. The highest BCUT2D eigenvalue weighted by atomic mass is 16.7. The molecule has 0 fully saturated rings. The Labute approximate surface area is 173 Å². The number of hydrogen-bond acceptors (Lipinski definition) is 5. The van der Waals surface area contributed by atoms with Crippen LogP contribution in [-0.2, 0) is 4.79 Å². The Morgan fingerprint density at radius 2 is 1.73 bits per heavy atom. The monoisotopic (exact) mass is 404 g/mol. The zero-order chi connectivity index (χ0) is 20.8. The molecule has 0 aliphatic carbocycles. The number of rotatable bonds is 2. The highest BCUT2D eigenvalue weighted by Crippen LogP contribution is 2.41. The van der Waals surface area contributed by atoms with E-state index >= 15 is 0 Å². The van der Waals surface area contributed by atoms with Gasteiger partial charge in [0.1, 0.15) is 0 Å². The fourth-order valence-electron chi connectivity index (χ4n) is 4.09. The number of anilines is 2. The fraction of sp³-hybridized carbons (Fsp3) is 0.217. The van der Waals surface area contributed by atoms with E-state index in [1.165, 1.54) is 13.2 Å². The number of carbonyl (C=O) groups excluding carboxylic acids is 2. The van der Waals surface area contributed by atoms with Crippen LogP contribution in [0.25, 0.3) is 11.1 Å². The second kappa shape index (κ2) is 6.95. The standard InChI is InChI=1S/C23H20N2O5/c1-14-12-24(23(27)21-4-3-9-28-21)19-10-16(5-7-18(19)25(14)15(2)26)17-6-8-20-22(11-17)30-13-29-20/h3-11,14H,12-13H2,1-2H3/t14-/m0/s1. The molecule has 1 aromatic heterocycles. The molecule has 152 valence electrons. The molecule has 0 saturated heterocycles. The highest BCUT2D eigenvalue weighted by molar-refractivity contribution is 6.10. The summed E-state index contributed by atoms with van der Waals surface area (Å²) < 4.78 is 16.2. The maximum atomic E-state index is 13.1. The maximum absolute atomic E-state index is 13.1. The smallest absolute Gasteiger partial charge is 0.294 e. The van der Waals surface area contributed by atoms with Gasteiger partial charge in [0.25, 0.3) is 5.91 Å². The van der Waals surface area contributed by atoms with Gasteiger partial charge in [-0.2, -0.15) is 0 Å². The predicted octanol–water partition coefficient (Wildman–Crippen LogP) is 4.08. The van der Waals surface area contributed by atoms with E-state index < -0.39 is 0 Å². The molecule has 0 radical (unpaired) electrons. The summed E-state index contributed by atoms with van der Waals surface area (Å²) in [4.78, 5) is 28.9. The van der Waals surface area contributed by atoms with E-state index in [0.717, 1.165) is 11.1 Å². The van der Waals surface area contributed by atoms with Gasteiger partial charge in [-0.25, -0.2) is 0 Å². The number of carbonyl (C=O) groups is 2. The van der Waals surface area contributed by atoms with Gasteiger partial charge in [-0.15, -0.1) is 0 Å². The van der Waals surface area contributed by atoms with Crippen LogP contribution in [0.2, 0.25) is 0 Å². The van der Waals surface area contributed by atoms with Gasteiger partial charge < -0.3 is 23.7 Å². The lowest BCUT2D eigenvalue weighted by molar-refractivity contribution is -0.117. The van der Waals surface area contributed by atoms with Crippen LogP contribution >= 0.6 is 0 Å². The molecule has 2 aliphatic rings. The van der Waals surface area contributed by atoms with E-state index in [0.29, 0.717) is 29.4 Å². The molecule has 2 aromatic carbocycles. The van der Waals surface area contributed by atoms with E-state index in [1.54, 1.807) is 21.9 Å². The van der Waals surface area contributed by atoms with Crippen molar-refractivity contribution in [1.29, 1.82) is 0 Å². The summed E-state index contributed by atoms with van der Waals surface area (Å²) in [5.74, 6) is 1.36. The lowest BCUT2D eigenvalue weighted by Crippen LogP contribution is -2.51. The first-order chi connectivity index (χ1) is 14.5. The molecule has 3 heterocycles. The molecule has 30 heavy (non-hydrogen) atoms. The minimum Gasteiger partial charge on any atom is -0.459 e. The van der Waals surface area contributed by atoms with Crippen LogP contribution in [0.1, 0.15) is 24.4 Å². The number of fused-ring (bicyclic) bond motifs is 2. The van der Waals surface area contributed by atoms with Crippen molar-refractivity contribution in [2.45, 2.75) is 19.9 Å². The maximum Gasteiger partial charge on any atom is 0.294 e. The van der Waals surface area contributed by atoms with Crippen molar-refractivity contribution >= 4 is 23.2 Å². The third-order valence-corrected chi connectivity index (χ3v) is 5.44. The van der Waals surface area contributed by atoms with Crippen LogP contribution in [0, 0.1) is 0 Å². The Balaban J connectivity index is 1.62. The summed E-state index contributed by atoms with van der Waals surface area (Å²) in [6, 6.07) is 14.7. The van der Waals surface area contributed by atoms with Crippen molar-refractivity contribution in [3.8, 4) is 22.6 Å². The summed E-state index contributed by atoms with van der Waals surface area (Å²) in [6.45, 7) is 4.05. The second-order valence-corrected chi connectivity index (χ2v) is 7.40. The average Bonchev–Trinajstić information content (AvgIpc) is 3.43. The van der Waals surface area contributed by atoms with Crippen molar-refractivity contribution < 1.29 is 23.5 Å². The van der Waals surface area contributed by atoms with E-state index in [2.05, 4.69) is 0 Å². The first-order valence-corrected chi connectivity index (χ1v) is 9.72. The Morgan fingerprint density at radius 3 is 2.50 bits per heavy atom. The van der Waals surface area contributed by atoms with Crippen molar-refractivity contribution in [3.63, 3.8) is 0 Å². The lowest BCUT2D eigenvalue weighted by atomic mass is 10.00. The van der Waals surface area contributed by atoms with E-state index in [4.69, 9.17) is 13.9 Å². The minimum atomic E-state index is -0.237. The van der Waals surface area contributed by atoms with E-state index in [1.807, 2.05) is 43.3 Å².